The number of benzene rings is 10. The SMILES string of the molecule is c1ccc(-c2cccc(-c3cc(-c4cccc5c4c4ccccc4n5-c4ccccc4)nc(-c4ccc(-c5c6ccccc6cc6c5ccc5ccccc56)cc4)n3)c2)cc1. The second-order valence-corrected chi connectivity index (χ2v) is 15.7. The molecular formula is C58H37N3. The van der Waals surface area contributed by atoms with Gasteiger partial charge in [-0.05, 0) is 97.0 Å². The molecule has 12 rings (SSSR count). The lowest BCUT2D eigenvalue weighted by molar-refractivity contribution is 1.18. The first-order valence-electron chi connectivity index (χ1n) is 20.8. The predicted molar refractivity (Wildman–Crippen MR) is 256 cm³/mol. The van der Waals surface area contributed by atoms with Crippen LogP contribution < -0.4 is 0 Å². The van der Waals surface area contributed by atoms with Gasteiger partial charge in [-0.1, -0.05) is 182 Å². The molecule has 0 bridgehead atoms. The summed E-state index contributed by atoms with van der Waals surface area (Å²) in [6.45, 7) is 0. The number of fused-ring (bicyclic) bond motifs is 7. The Morgan fingerprint density at radius 1 is 0.311 bits per heavy atom. The molecule has 0 radical (unpaired) electrons. The number of para-hydroxylation sites is 2. The summed E-state index contributed by atoms with van der Waals surface area (Å²) in [7, 11) is 0. The molecule has 284 valence electrons. The van der Waals surface area contributed by atoms with Crippen LogP contribution in [0.25, 0.3) is 116 Å². The second kappa shape index (κ2) is 14.3. The summed E-state index contributed by atoms with van der Waals surface area (Å²) >= 11 is 0. The van der Waals surface area contributed by atoms with Crippen molar-refractivity contribution in [2.45, 2.75) is 0 Å². The van der Waals surface area contributed by atoms with Crippen LogP contribution in [0.3, 0.4) is 0 Å². The number of hydrogen-bond acceptors (Lipinski definition) is 2. The van der Waals surface area contributed by atoms with E-state index in [1.54, 1.807) is 0 Å². The van der Waals surface area contributed by atoms with Crippen molar-refractivity contribution in [2.75, 3.05) is 0 Å². The molecule has 12 aromatic rings. The standard InChI is InChI=1S/C58H37N3/c1-3-15-38(16-4-1)42-19-13-20-44(35-42)52-37-53(49-26-14-28-55-57(49)50-25-11-12-27-54(50)61(55)45-21-5-2-6-22-45)60-58(59-52)41-31-29-40(30-32-41)56-47-24-10-8-18-43(47)36-51-46-23-9-7-17-39(46)33-34-48(51)56/h1-37H. The quantitative estimate of drug-likeness (QED) is 0.124. The zero-order chi connectivity index (χ0) is 40.3. The third kappa shape index (κ3) is 5.90. The number of nitrogens with zero attached hydrogens (tertiary/aromatic N) is 3. The highest BCUT2D eigenvalue weighted by atomic mass is 15.0. The van der Waals surface area contributed by atoms with Gasteiger partial charge in [0.2, 0.25) is 0 Å². The predicted octanol–water partition coefficient (Wildman–Crippen LogP) is 15.4. The molecule has 0 N–H and O–H groups in total. The summed E-state index contributed by atoms with van der Waals surface area (Å²) in [5.74, 6) is 0.682. The first kappa shape index (κ1) is 34.9. The van der Waals surface area contributed by atoms with Gasteiger partial charge in [0, 0.05) is 33.2 Å². The van der Waals surface area contributed by atoms with Crippen LogP contribution in [-0.4, -0.2) is 14.5 Å². The zero-order valence-electron chi connectivity index (χ0n) is 33.2. The van der Waals surface area contributed by atoms with E-state index in [0.717, 1.165) is 55.9 Å². The van der Waals surface area contributed by atoms with Crippen LogP contribution >= 0.6 is 0 Å². The van der Waals surface area contributed by atoms with Crippen molar-refractivity contribution in [1.82, 2.24) is 14.5 Å². The molecule has 0 aliphatic rings. The summed E-state index contributed by atoms with van der Waals surface area (Å²) < 4.78 is 2.36. The van der Waals surface area contributed by atoms with E-state index in [4.69, 9.17) is 9.97 Å². The first-order valence-corrected chi connectivity index (χ1v) is 20.8. The fraction of sp³-hybridized carbons (Fsp3) is 0. The van der Waals surface area contributed by atoms with Crippen LogP contribution in [0, 0.1) is 0 Å². The Morgan fingerprint density at radius 2 is 0.934 bits per heavy atom. The normalized spacial score (nSPS) is 11.6. The molecule has 2 aromatic heterocycles. The van der Waals surface area contributed by atoms with Gasteiger partial charge in [0.1, 0.15) is 0 Å². The van der Waals surface area contributed by atoms with Crippen molar-refractivity contribution >= 4 is 54.1 Å². The molecule has 0 aliphatic heterocycles. The fourth-order valence-corrected chi connectivity index (χ4v) is 9.36. The first-order chi connectivity index (χ1) is 30.2. The average Bonchev–Trinajstić information content (AvgIpc) is 3.68. The Kier molecular flexibility index (Phi) is 8.17. The molecule has 3 heteroatoms. The molecule has 2 heterocycles. The Morgan fingerprint density at radius 3 is 1.77 bits per heavy atom. The highest BCUT2D eigenvalue weighted by Gasteiger charge is 2.19. The molecule has 0 saturated heterocycles. The van der Waals surface area contributed by atoms with Gasteiger partial charge >= 0.3 is 0 Å². The molecule has 0 fully saturated rings. The molecule has 0 unspecified atom stereocenters. The summed E-state index contributed by atoms with van der Waals surface area (Å²) in [5.41, 5.74) is 12.9. The van der Waals surface area contributed by atoms with Gasteiger partial charge in [0.15, 0.2) is 5.82 Å². The average molecular weight is 776 g/mol. The van der Waals surface area contributed by atoms with Crippen LogP contribution in [-0.2, 0) is 0 Å². The van der Waals surface area contributed by atoms with Gasteiger partial charge in [-0.2, -0.15) is 0 Å². The van der Waals surface area contributed by atoms with Gasteiger partial charge in [-0.3, -0.25) is 0 Å². The number of aromatic nitrogens is 3. The summed E-state index contributed by atoms with van der Waals surface area (Å²) in [6, 6.07) is 80.4. The molecule has 0 atom stereocenters. The van der Waals surface area contributed by atoms with E-state index < -0.39 is 0 Å². The molecule has 0 spiro atoms. The van der Waals surface area contributed by atoms with Gasteiger partial charge in [-0.15, -0.1) is 0 Å². The lowest BCUT2D eigenvalue weighted by Gasteiger charge is -2.15. The molecule has 61 heavy (non-hydrogen) atoms. The third-order valence-electron chi connectivity index (χ3n) is 12.2. The second-order valence-electron chi connectivity index (χ2n) is 15.7. The van der Waals surface area contributed by atoms with E-state index in [0.29, 0.717) is 5.82 Å². The van der Waals surface area contributed by atoms with Crippen molar-refractivity contribution in [3.63, 3.8) is 0 Å². The van der Waals surface area contributed by atoms with Crippen LogP contribution in [0.15, 0.2) is 224 Å². The van der Waals surface area contributed by atoms with E-state index >= 15 is 0 Å². The summed E-state index contributed by atoms with van der Waals surface area (Å²) in [5, 5.41) is 9.83. The molecule has 0 amide bonds. The maximum atomic E-state index is 5.44. The van der Waals surface area contributed by atoms with E-state index in [1.165, 1.54) is 54.2 Å². The van der Waals surface area contributed by atoms with Gasteiger partial charge in [0.05, 0.1) is 22.4 Å². The monoisotopic (exact) mass is 775 g/mol. The van der Waals surface area contributed by atoms with Crippen LogP contribution in [0.4, 0.5) is 0 Å². The number of hydrogen-bond donors (Lipinski definition) is 0. The highest BCUT2D eigenvalue weighted by molar-refractivity contribution is 6.20. The number of rotatable bonds is 6. The summed E-state index contributed by atoms with van der Waals surface area (Å²) in [4.78, 5) is 10.8. The Labute approximate surface area is 353 Å². The summed E-state index contributed by atoms with van der Waals surface area (Å²) in [6.07, 6.45) is 0. The Bertz CT molecular complexity index is 3620. The maximum absolute atomic E-state index is 5.44. The van der Waals surface area contributed by atoms with E-state index in [2.05, 4.69) is 229 Å². The van der Waals surface area contributed by atoms with Gasteiger partial charge in [-0.25, -0.2) is 9.97 Å². The lowest BCUT2D eigenvalue weighted by Crippen LogP contribution is -1.97. The zero-order valence-corrected chi connectivity index (χ0v) is 33.2. The molecule has 10 aromatic carbocycles. The van der Waals surface area contributed by atoms with Crippen molar-refractivity contribution < 1.29 is 0 Å². The minimum atomic E-state index is 0.682. The minimum absolute atomic E-state index is 0.682. The van der Waals surface area contributed by atoms with Crippen molar-refractivity contribution in [3.8, 4) is 61.8 Å². The van der Waals surface area contributed by atoms with Crippen molar-refractivity contribution in [2.24, 2.45) is 0 Å². The van der Waals surface area contributed by atoms with Crippen molar-refractivity contribution in [3.05, 3.63) is 224 Å². The van der Waals surface area contributed by atoms with Crippen LogP contribution in [0.1, 0.15) is 0 Å². The Hall–Kier alpha value is -8.14. The third-order valence-corrected chi connectivity index (χ3v) is 12.2. The van der Waals surface area contributed by atoms with Crippen LogP contribution in [0.2, 0.25) is 0 Å². The van der Waals surface area contributed by atoms with E-state index in [1.807, 2.05) is 0 Å². The lowest BCUT2D eigenvalue weighted by atomic mass is 9.89. The molecule has 0 saturated carbocycles. The minimum Gasteiger partial charge on any atom is -0.309 e. The smallest absolute Gasteiger partial charge is 0.160 e. The Balaban J connectivity index is 1.06. The van der Waals surface area contributed by atoms with Gasteiger partial charge in [0.25, 0.3) is 0 Å². The molecule has 0 aliphatic carbocycles. The van der Waals surface area contributed by atoms with Crippen molar-refractivity contribution in [1.29, 1.82) is 0 Å². The van der Waals surface area contributed by atoms with E-state index in [-0.39, 0.29) is 0 Å². The molecule has 3 nitrogen and oxygen atoms in total. The maximum Gasteiger partial charge on any atom is 0.160 e. The largest absolute Gasteiger partial charge is 0.309 e. The molecular weight excluding hydrogens is 739 g/mol. The topological polar surface area (TPSA) is 30.7 Å². The van der Waals surface area contributed by atoms with E-state index in [9.17, 15) is 0 Å². The fourth-order valence-electron chi connectivity index (χ4n) is 9.36. The van der Waals surface area contributed by atoms with Crippen LogP contribution in [0.5, 0.6) is 0 Å². The van der Waals surface area contributed by atoms with Gasteiger partial charge < -0.3 is 4.57 Å². The highest BCUT2D eigenvalue weighted by Crippen LogP contribution is 2.42.